The Balaban J connectivity index is 2.98. The second kappa shape index (κ2) is 6.67. The molecule has 1 aliphatic carbocycles. The first kappa shape index (κ1) is 16.4. The smallest absolute Gasteiger partial charge is 0.325 e. The summed E-state index contributed by atoms with van der Waals surface area (Å²) in [5.41, 5.74) is 5.71. The van der Waals surface area contributed by atoms with Crippen LogP contribution in [0.1, 0.15) is 33.1 Å². The molecule has 0 spiro atoms. The van der Waals surface area contributed by atoms with E-state index in [1.54, 1.807) is 6.92 Å². The summed E-state index contributed by atoms with van der Waals surface area (Å²) in [6.45, 7) is 3.98. The normalized spacial score (nSPS) is 25.5. The Morgan fingerprint density at radius 3 is 2.58 bits per heavy atom. The van der Waals surface area contributed by atoms with Gasteiger partial charge in [0.15, 0.2) is 5.25 Å². The lowest BCUT2D eigenvalue weighted by atomic mass is 10.0. The van der Waals surface area contributed by atoms with Gasteiger partial charge in [0.25, 0.3) is 0 Å². The lowest BCUT2D eigenvalue weighted by Gasteiger charge is -2.32. The van der Waals surface area contributed by atoms with Gasteiger partial charge in [-0.3, -0.25) is 4.79 Å². The maximum atomic E-state index is 12.5. The van der Waals surface area contributed by atoms with Crippen LogP contribution in [0.3, 0.4) is 0 Å². The van der Waals surface area contributed by atoms with Crippen LogP contribution in [0.2, 0.25) is 0 Å². The van der Waals surface area contributed by atoms with Crippen molar-refractivity contribution >= 4 is 16.0 Å². The molecule has 0 aliphatic heterocycles. The number of carbonyl (C=O) groups is 1. The zero-order valence-corrected chi connectivity index (χ0v) is 12.6. The van der Waals surface area contributed by atoms with Gasteiger partial charge in [0, 0.05) is 12.6 Å². The minimum Gasteiger partial charge on any atom is -0.468 e. The highest BCUT2D eigenvalue weighted by atomic mass is 32.2. The fraction of sp³-hybridized carbons (Fsp3) is 0.917. The average molecular weight is 292 g/mol. The van der Waals surface area contributed by atoms with Crippen molar-refractivity contribution in [3.8, 4) is 0 Å². The van der Waals surface area contributed by atoms with Crippen molar-refractivity contribution in [2.24, 2.45) is 11.7 Å². The maximum Gasteiger partial charge on any atom is 0.325 e. The fourth-order valence-electron chi connectivity index (χ4n) is 2.77. The van der Waals surface area contributed by atoms with Crippen LogP contribution in [0, 0.1) is 5.92 Å². The molecular weight excluding hydrogens is 268 g/mol. The van der Waals surface area contributed by atoms with Crippen LogP contribution in [-0.2, 0) is 19.6 Å². The van der Waals surface area contributed by atoms with E-state index in [9.17, 15) is 13.2 Å². The molecule has 3 unspecified atom stereocenters. The van der Waals surface area contributed by atoms with E-state index in [-0.39, 0.29) is 12.0 Å². The Morgan fingerprint density at radius 2 is 2.11 bits per heavy atom. The van der Waals surface area contributed by atoms with E-state index in [2.05, 4.69) is 4.74 Å². The number of hydrogen-bond acceptors (Lipinski definition) is 5. The number of esters is 1. The van der Waals surface area contributed by atoms with Crippen LogP contribution in [0.4, 0.5) is 0 Å². The Labute approximate surface area is 115 Å². The second-order valence-corrected chi connectivity index (χ2v) is 7.11. The van der Waals surface area contributed by atoms with Crippen molar-refractivity contribution in [3.05, 3.63) is 0 Å². The lowest BCUT2D eigenvalue weighted by molar-refractivity contribution is -0.139. The van der Waals surface area contributed by atoms with Gasteiger partial charge in [0.1, 0.15) is 0 Å². The number of methoxy groups -OCH3 is 1. The van der Waals surface area contributed by atoms with Gasteiger partial charge >= 0.3 is 5.97 Å². The van der Waals surface area contributed by atoms with Crippen LogP contribution in [0.25, 0.3) is 0 Å². The van der Waals surface area contributed by atoms with Crippen LogP contribution >= 0.6 is 0 Å². The molecule has 6 nitrogen and oxygen atoms in total. The molecule has 3 atom stereocenters. The summed E-state index contributed by atoms with van der Waals surface area (Å²) in [5.74, 6) is -0.541. The summed E-state index contributed by atoms with van der Waals surface area (Å²) < 4.78 is 31.0. The van der Waals surface area contributed by atoms with E-state index in [1.807, 2.05) is 0 Å². The molecule has 0 amide bonds. The van der Waals surface area contributed by atoms with E-state index >= 15 is 0 Å². The summed E-state index contributed by atoms with van der Waals surface area (Å²) >= 11 is 0. The highest BCUT2D eigenvalue weighted by Gasteiger charge is 2.41. The van der Waals surface area contributed by atoms with E-state index < -0.39 is 21.2 Å². The van der Waals surface area contributed by atoms with Crippen molar-refractivity contribution in [1.29, 1.82) is 0 Å². The molecule has 0 radical (unpaired) electrons. The van der Waals surface area contributed by atoms with Crippen molar-refractivity contribution in [2.75, 3.05) is 20.2 Å². The molecule has 19 heavy (non-hydrogen) atoms. The van der Waals surface area contributed by atoms with Gasteiger partial charge in [-0.25, -0.2) is 8.42 Å². The van der Waals surface area contributed by atoms with Gasteiger partial charge in [0.2, 0.25) is 10.0 Å². The zero-order valence-electron chi connectivity index (χ0n) is 11.8. The van der Waals surface area contributed by atoms with Crippen molar-refractivity contribution in [3.63, 3.8) is 0 Å². The molecule has 7 heteroatoms. The third kappa shape index (κ3) is 3.27. The monoisotopic (exact) mass is 292 g/mol. The predicted octanol–water partition coefficient (Wildman–Crippen LogP) is 0.327. The second-order valence-electron chi connectivity index (χ2n) is 4.91. The first-order valence-corrected chi connectivity index (χ1v) is 8.19. The molecule has 1 saturated carbocycles. The van der Waals surface area contributed by atoms with E-state index in [0.29, 0.717) is 13.1 Å². The van der Waals surface area contributed by atoms with Crippen molar-refractivity contribution in [1.82, 2.24) is 4.31 Å². The molecule has 2 N–H and O–H groups in total. The first-order chi connectivity index (χ1) is 8.89. The number of sulfonamides is 1. The van der Waals surface area contributed by atoms with Gasteiger partial charge in [-0.15, -0.1) is 0 Å². The Kier molecular flexibility index (Phi) is 5.76. The number of nitrogens with zero attached hydrogens (tertiary/aromatic N) is 1. The lowest BCUT2D eigenvalue weighted by Crippen LogP contribution is -2.49. The minimum absolute atomic E-state index is 0.0906. The van der Waals surface area contributed by atoms with Gasteiger partial charge in [-0.2, -0.15) is 4.31 Å². The van der Waals surface area contributed by atoms with Gasteiger partial charge in [-0.1, -0.05) is 13.3 Å². The highest BCUT2D eigenvalue weighted by Crippen LogP contribution is 2.31. The molecule has 0 bridgehead atoms. The SMILES string of the molecule is CCN(C1CCCC1CN)S(=O)(=O)C(C)C(=O)OC. The summed E-state index contributed by atoms with van der Waals surface area (Å²) in [6, 6.07) is -0.0906. The largest absolute Gasteiger partial charge is 0.468 e. The number of nitrogens with two attached hydrogens (primary N) is 1. The number of hydrogen-bond donors (Lipinski definition) is 1. The summed E-state index contributed by atoms with van der Waals surface area (Å²) in [7, 11) is -2.49. The fourth-order valence-corrected chi connectivity index (χ4v) is 4.53. The van der Waals surface area contributed by atoms with Crippen LogP contribution in [0.5, 0.6) is 0 Å². The molecule has 112 valence electrons. The summed E-state index contributed by atoms with van der Waals surface area (Å²) in [5, 5.41) is -1.17. The predicted molar refractivity (Wildman–Crippen MR) is 73.0 cm³/mol. The van der Waals surface area contributed by atoms with Gasteiger partial charge < -0.3 is 10.5 Å². The minimum atomic E-state index is -3.69. The van der Waals surface area contributed by atoms with Crippen LogP contribution in [-0.4, -0.2) is 50.2 Å². The van der Waals surface area contributed by atoms with E-state index in [1.165, 1.54) is 18.3 Å². The Hall–Kier alpha value is -0.660. The zero-order chi connectivity index (χ0) is 14.6. The maximum absolute atomic E-state index is 12.5. The molecule has 0 aromatic carbocycles. The topological polar surface area (TPSA) is 89.7 Å². The number of rotatable bonds is 6. The molecular formula is C12H24N2O4S. The quantitative estimate of drug-likeness (QED) is 0.712. The molecule has 0 aromatic heterocycles. The average Bonchev–Trinajstić information content (AvgIpc) is 2.85. The number of ether oxygens (including phenoxy) is 1. The molecule has 0 heterocycles. The van der Waals surface area contributed by atoms with Crippen molar-refractivity contribution in [2.45, 2.75) is 44.4 Å². The van der Waals surface area contributed by atoms with Crippen molar-refractivity contribution < 1.29 is 17.9 Å². The molecule has 1 rings (SSSR count). The first-order valence-electron chi connectivity index (χ1n) is 6.68. The Bertz CT molecular complexity index is 410. The molecule has 1 aliphatic rings. The summed E-state index contributed by atoms with van der Waals surface area (Å²) in [6.07, 6.45) is 2.73. The Morgan fingerprint density at radius 1 is 1.47 bits per heavy atom. The standard InChI is InChI=1S/C12H24N2O4S/c1-4-14(11-7-5-6-10(11)8-13)19(16,17)9(2)12(15)18-3/h9-11H,4-8,13H2,1-3H3. The third-order valence-electron chi connectivity index (χ3n) is 3.91. The molecule has 1 fully saturated rings. The highest BCUT2D eigenvalue weighted by molar-refractivity contribution is 7.90. The van der Waals surface area contributed by atoms with E-state index in [0.717, 1.165) is 19.3 Å². The summed E-state index contributed by atoms with van der Waals surface area (Å²) in [4.78, 5) is 11.5. The van der Waals surface area contributed by atoms with Gasteiger partial charge in [-0.05, 0) is 32.2 Å². The van der Waals surface area contributed by atoms with Crippen LogP contribution in [0.15, 0.2) is 0 Å². The van der Waals surface area contributed by atoms with Crippen LogP contribution < -0.4 is 5.73 Å². The molecule has 0 aromatic rings. The third-order valence-corrected chi connectivity index (χ3v) is 6.18. The van der Waals surface area contributed by atoms with Gasteiger partial charge in [0.05, 0.1) is 7.11 Å². The number of carbonyl (C=O) groups excluding carboxylic acids is 1. The molecule has 0 saturated heterocycles. The van der Waals surface area contributed by atoms with E-state index in [4.69, 9.17) is 5.73 Å².